The van der Waals surface area contributed by atoms with Crippen LogP contribution < -0.4 is 32.9 Å². The molecule has 0 amide bonds. The van der Waals surface area contributed by atoms with Crippen LogP contribution in [0.4, 0.5) is 10.1 Å². The Balaban J connectivity index is 0.00000256. The van der Waals surface area contributed by atoms with E-state index in [1.54, 1.807) is 19.2 Å². The summed E-state index contributed by atoms with van der Waals surface area (Å²) in [4.78, 5) is 16.9. The molecule has 6 nitrogen and oxygen atoms in total. The summed E-state index contributed by atoms with van der Waals surface area (Å²) in [6.45, 7) is 0.792. The van der Waals surface area contributed by atoms with Crippen molar-refractivity contribution >= 4 is 16.7 Å². The zero-order valence-electron chi connectivity index (χ0n) is 16.2. The first kappa shape index (κ1) is 21.3. The molecule has 0 saturated carbocycles. The SMILES string of the molecule is COc1cccc(CNc2ccc3[nH]c(=O)[nH]c3c2)c1OCc1ccc(F)cc1.[Cl-]. The molecule has 0 aliphatic heterocycles. The van der Waals surface area contributed by atoms with Crippen molar-refractivity contribution in [2.45, 2.75) is 13.2 Å². The minimum absolute atomic E-state index is 0. The average Bonchev–Trinajstić information content (AvgIpc) is 3.11. The number of methoxy groups -OCH3 is 1. The molecule has 0 radical (unpaired) electrons. The first-order valence-electron chi connectivity index (χ1n) is 9.11. The zero-order chi connectivity index (χ0) is 20.2. The maximum atomic E-state index is 13.1. The number of hydrogen-bond donors (Lipinski definition) is 3. The summed E-state index contributed by atoms with van der Waals surface area (Å²) in [6.07, 6.45) is 0. The van der Waals surface area contributed by atoms with Crippen LogP contribution in [-0.2, 0) is 13.2 Å². The largest absolute Gasteiger partial charge is 1.00 e. The maximum absolute atomic E-state index is 13.1. The van der Waals surface area contributed by atoms with Crippen molar-refractivity contribution in [1.29, 1.82) is 0 Å². The number of para-hydroxylation sites is 1. The number of rotatable bonds is 7. The van der Waals surface area contributed by atoms with E-state index in [-0.39, 0.29) is 23.9 Å². The van der Waals surface area contributed by atoms with Crippen LogP contribution in [0.25, 0.3) is 11.0 Å². The lowest BCUT2D eigenvalue weighted by Gasteiger charge is -2.16. The van der Waals surface area contributed by atoms with Gasteiger partial charge in [0.15, 0.2) is 11.5 Å². The van der Waals surface area contributed by atoms with Crippen LogP contribution in [0.2, 0.25) is 0 Å². The molecule has 4 aromatic rings. The molecule has 3 aromatic carbocycles. The summed E-state index contributed by atoms with van der Waals surface area (Å²) >= 11 is 0. The molecular weight excluding hydrogens is 409 g/mol. The Morgan fingerprint density at radius 1 is 1.00 bits per heavy atom. The topological polar surface area (TPSA) is 79.1 Å². The predicted octanol–water partition coefficient (Wildman–Crippen LogP) is 1.20. The Hall–Kier alpha value is -3.45. The van der Waals surface area contributed by atoms with Gasteiger partial charge in [0.1, 0.15) is 12.4 Å². The van der Waals surface area contributed by atoms with E-state index in [1.165, 1.54) is 12.1 Å². The third kappa shape index (κ3) is 4.75. The monoisotopic (exact) mass is 428 g/mol. The van der Waals surface area contributed by atoms with E-state index >= 15 is 0 Å². The third-order valence-corrected chi connectivity index (χ3v) is 4.58. The van der Waals surface area contributed by atoms with Gasteiger partial charge in [-0.05, 0) is 42.0 Å². The van der Waals surface area contributed by atoms with Crippen LogP contribution in [0.15, 0.2) is 65.5 Å². The Kier molecular flexibility index (Phi) is 6.64. The van der Waals surface area contributed by atoms with Gasteiger partial charge < -0.3 is 37.2 Å². The standard InChI is InChI=1S/C22H20FN3O3.ClH/c1-28-20-4-2-3-15(21(20)29-13-14-5-7-16(23)8-6-14)12-24-17-9-10-18-19(11-17)26-22(27)25-18;/h2-11,24H,12-13H2,1H3,(H2,25,26,27);1H/p-1. The Bertz CT molecular complexity index is 1190. The number of aromatic amines is 2. The number of nitrogens with one attached hydrogen (secondary N) is 3. The van der Waals surface area contributed by atoms with Crippen molar-refractivity contribution in [2.24, 2.45) is 0 Å². The molecule has 8 heteroatoms. The van der Waals surface area contributed by atoms with Gasteiger partial charge in [-0.2, -0.15) is 0 Å². The van der Waals surface area contributed by atoms with Crippen LogP contribution in [-0.4, -0.2) is 17.1 Å². The molecule has 1 heterocycles. The second kappa shape index (κ2) is 9.37. The molecule has 30 heavy (non-hydrogen) atoms. The van der Waals surface area contributed by atoms with E-state index in [9.17, 15) is 9.18 Å². The van der Waals surface area contributed by atoms with Crippen molar-refractivity contribution in [2.75, 3.05) is 12.4 Å². The summed E-state index contributed by atoms with van der Waals surface area (Å²) in [5.74, 6) is 0.969. The fourth-order valence-corrected chi connectivity index (χ4v) is 3.10. The first-order valence-corrected chi connectivity index (χ1v) is 9.11. The summed E-state index contributed by atoms with van der Waals surface area (Å²) < 4.78 is 24.6. The molecule has 0 saturated heterocycles. The van der Waals surface area contributed by atoms with Gasteiger partial charge in [0.25, 0.3) is 0 Å². The summed E-state index contributed by atoms with van der Waals surface area (Å²) in [6, 6.07) is 17.5. The summed E-state index contributed by atoms with van der Waals surface area (Å²) in [5.41, 5.74) is 3.89. The second-order valence-electron chi connectivity index (χ2n) is 6.56. The third-order valence-electron chi connectivity index (χ3n) is 4.58. The fourth-order valence-electron chi connectivity index (χ4n) is 3.10. The summed E-state index contributed by atoms with van der Waals surface area (Å²) in [7, 11) is 1.59. The van der Waals surface area contributed by atoms with Gasteiger partial charge in [0, 0.05) is 17.8 Å². The molecule has 0 spiro atoms. The highest BCUT2D eigenvalue weighted by Crippen LogP contribution is 2.32. The van der Waals surface area contributed by atoms with E-state index in [2.05, 4.69) is 15.3 Å². The van der Waals surface area contributed by atoms with E-state index in [0.29, 0.717) is 24.7 Å². The molecular formula is C22H20ClFN3O3-. The Morgan fingerprint density at radius 3 is 2.53 bits per heavy atom. The van der Waals surface area contributed by atoms with E-state index in [0.717, 1.165) is 27.8 Å². The number of benzene rings is 3. The van der Waals surface area contributed by atoms with Crippen LogP contribution >= 0.6 is 0 Å². The number of imidazole rings is 1. The van der Waals surface area contributed by atoms with Gasteiger partial charge in [0.05, 0.1) is 18.1 Å². The maximum Gasteiger partial charge on any atom is 0.323 e. The molecule has 0 atom stereocenters. The van der Waals surface area contributed by atoms with Crippen molar-refractivity contribution in [3.63, 3.8) is 0 Å². The molecule has 156 valence electrons. The van der Waals surface area contributed by atoms with Gasteiger partial charge in [-0.1, -0.05) is 24.3 Å². The van der Waals surface area contributed by atoms with Gasteiger partial charge >= 0.3 is 5.69 Å². The van der Waals surface area contributed by atoms with E-state index < -0.39 is 0 Å². The predicted molar refractivity (Wildman–Crippen MR) is 110 cm³/mol. The molecule has 0 fully saturated rings. The molecule has 0 unspecified atom stereocenters. The lowest BCUT2D eigenvalue weighted by Crippen LogP contribution is -3.00. The smallest absolute Gasteiger partial charge is 0.323 e. The number of fused-ring (bicyclic) bond motifs is 1. The zero-order valence-corrected chi connectivity index (χ0v) is 16.9. The lowest BCUT2D eigenvalue weighted by molar-refractivity contribution is -0.00000711. The number of halogens is 2. The quantitative estimate of drug-likeness (QED) is 0.413. The molecule has 0 aliphatic rings. The van der Waals surface area contributed by atoms with E-state index in [1.807, 2.05) is 36.4 Å². The molecule has 4 rings (SSSR count). The van der Waals surface area contributed by atoms with Crippen molar-refractivity contribution < 1.29 is 26.3 Å². The Morgan fingerprint density at radius 2 is 1.77 bits per heavy atom. The van der Waals surface area contributed by atoms with Crippen molar-refractivity contribution in [3.8, 4) is 11.5 Å². The fraction of sp³-hybridized carbons (Fsp3) is 0.136. The number of anilines is 1. The molecule has 1 aromatic heterocycles. The minimum atomic E-state index is -0.281. The Labute approximate surface area is 178 Å². The van der Waals surface area contributed by atoms with Crippen LogP contribution in [0, 0.1) is 5.82 Å². The van der Waals surface area contributed by atoms with Crippen LogP contribution in [0.5, 0.6) is 11.5 Å². The van der Waals surface area contributed by atoms with Gasteiger partial charge in [-0.25, -0.2) is 9.18 Å². The van der Waals surface area contributed by atoms with E-state index in [4.69, 9.17) is 9.47 Å². The molecule has 0 bridgehead atoms. The molecule has 3 N–H and O–H groups in total. The lowest BCUT2D eigenvalue weighted by atomic mass is 10.1. The second-order valence-corrected chi connectivity index (χ2v) is 6.56. The highest BCUT2D eigenvalue weighted by atomic mass is 35.5. The number of aromatic nitrogens is 2. The van der Waals surface area contributed by atoms with Crippen molar-refractivity contribution in [1.82, 2.24) is 9.97 Å². The van der Waals surface area contributed by atoms with Crippen LogP contribution in [0.3, 0.4) is 0 Å². The van der Waals surface area contributed by atoms with Crippen LogP contribution in [0.1, 0.15) is 11.1 Å². The normalized spacial score (nSPS) is 10.5. The number of ether oxygens (including phenoxy) is 2. The minimum Gasteiger partial charge on any atom is -1.00 e. The van der Waals surface area contributed by atoms with Gasteiger partial charge in [-0.15, -0.1) is 0 Å². The summed E-state index contributed by atoms with van der Waals surface area (Å²) in [5, 5.41) is 3.34. The average molecular weight is 429 g/mol. The van der Waals surface area contributed by atoms with Gasteiger partial charge in [-0.3, -0.25) is 0 Å². The van der Waals surface area contributed by atoms with Gasteiger partial charge in [0.2, 0.25) is 0 Å². The highest BCUT2D eigenvalue weighted by molar-refractivity contribution is 5.78. The number of H-pyrrole nitrogens is 2. The first-order chi connectivity index (χ1) is 14.1. The number of hydrogen-bond acceptors (Lipinski definition) is 4. The highest BCUT2D eigenvalue weighted by Gasteiger charge is 2.11. The molecule has 0 aliphatic carbocycles. The van der Waals surface area contributed by atoms with Crippen molar-refractivity contribution in [3.05, 3.63) is 88.1 Å².